The number of ether oxygens (including phenoxy) is 1. The zero-order valence-electron chi connectivity index (χ0n) is 18.0. The Hall–Kier alpha value is -3.81. The molecule has 1 fully saturated rings. The van der Waals surface area contributed by atoms with Crippen LogP contribution in [0.25, 0.3) is 0 Å². The summed E-state index contributed by atoms with van der Waals surface area (Å²) in [5.74, 6) is -2.16. The first-order valence-corrected chi connectivity index (χ1v) is 10.6. The quantitative estimate of drug-likeness (QED) is 0.585. The van der Waals surface area contributed by atoms with Crippen LogP contribution in [0.1, 0.15) is 30.6 Å². The molecule has 0 radical (unpaired) electrons. The Morgan fingerprint density at radius 2 is 1.94 bits per heavy atom. The molecular weight excluding hydrogens is 428 g/mol. The molecule has 0 aliphatic carbocycles. The summed E-state index contributed by atoms with van der Waals surface area (Å²) in [6, 6.07) is 15.6. The molecule has 1 aliphatic heterocycles. The molecule has 4 rings (SSSR count). The average molecular weight is 451 g/mol. The molecule has 1 saturated heterocycles. The highest BCUT2D eigenvalue weighted by Crippen LogP contribution is 2.27. The molecule has 8 heteroatoms. The van der Waals surface area contributed by atoms with Gasteiger partial charge in [-0.2, -0.15) is 0 Å². The van der Waals surface area contributed by atoms with E-state index in [-0.39, 0.29) is 36.5 Å². The van der Waals surface area contributed by atoms with Crippen LogP contribution in [0.3, 0.4) is 0 Å². The second-order valence-corrected chi connectivity index (χ2v) is 7.95. The zero-order valence-corrected chi connectivity index (χ0v) is 18.0. The molecule has 2 heterocycles. The molecule has 2 atom stereocenters. The van der Waals surface area contributed by atoms with Gasteiger partial charge in [-0.05, 0) is 48.9 Å². The molecule has 6 nitrogen and oxygen atoms in total. The lowest BCUT2D eigenvalue weighted by Crippen LogP contribution is -2.34. The Labute approximate surface area is 190 Å². The largest absolute Gasteiger partial charge is 0.487 e. The molecule has 1 N–H and O–H groups in total. The molecule has 0 saturated carbocycles. The minimum Gasteiger partial charge on any atom is -0.487 e. The number of benzene rings is 2. The van der Waals surface area contributed by atoms with Gasteiger partial charge in [-0.1, -0.05) is 18.2 Å². The lowest BCUT2D eigenvalue weighted by Gasteiger charge is -2.19. The number of carbonyl (C=O) groups excluding carboxylic acids is 2. The number of rotatable bonds is 7. The predicted molar refractivity (Wildman–Crippen MR) is 118 cm³/mol. The first-order chi connectivity index (χ1) is 15.9. The highest BCUT2D eigenvalue weighted by Gasteiger charge is 2.36. The van der Waals surface area contributed by atoms with Gasteiger partial charge in [0.05, 0.1) is 17.7 Å². The molecule has 3 aromatic rings. The van der Waals surface area contributed by atoms with Crippen molar-refractivity contribution in [3.8, 4) is 5.75 Å². The van der Waals surface area contributed by atoms with Gasteiger partial charge in [-0.3, -0.25) is 14.6 Å². The van der Waals surface area contributed by atoms with Gasteiger partial charge in [0.1, 0.15) is 24.0 Å². The van der Waals surface area contributed by atoms with E-state index in [0.717, 1.165) is 29.5 Å². The minimum atomic E-state index is -0.774. The van der Waals surface area contributed by atoms with Crippen molar-refractivity contribution < 1.29 is 23.1 Å². The van der Waals surface area contributed by atoms with E-state index >= 15 is 0 Å². The Bertz CT molecular complexity index is 1140. The Morgan fingerprint density at radius 1 is 1.15 bits per heavy atom. The number of nitrogens with one attached hydrogen (secondary N) is 1. The van der Waals surface area contributed by atoms with E-state index in [0.29, 0.717) is 12.4 Å². The van der Waals surface area contributed by atoms with Gasteiger partial charge in [0.15, 0.2) is 0 Å². The average Bonchev–Trinajstić information content (AvgIpc) is 3.20. The highest BCUT2D eigenvalue weighted by atomic mass is 19.1. The Kier molecular flexibility index (Phi) is 6.63. The fourth-order valence-corrected chi connectivity index (χ4v) is 3.76. The van der Waals surface area contributed by atoms with Crippen LogP contribution >= 0.6 is 0 Å². The maximum Gasteiger partial charge on any atom is 0.227 e. The first kappa shape index (κ1) is 22.4. The van der Waals surface area contributed by atoms with Crippen LogP contribution in [-0.2, 0) is 16.2 Å². The lowest BCUT2D eigenvalue weighted by molar-refractivity contribution is -0.126. The molecule has 0 bridgehead atoms. The fraction of sp³-hybridized carbons (Fsp3) is 0.240. The van der Waals surface area contributed by atoms with Crippen molar-refractivity contribution in [1.29, 1.82) is 0 Å². The minimum absolute atomic E-state index is 0.0239. The third-order valence-corrected chi connectivity index (χ3v) is 5.48. The third-order valence-electron chi connectivity index (χ3n) is 5.48. The number of pyridine rings is 1. The Morgan fingerprint density at radius 3 is 2.67 bits per heavy atom. The van der Waals surface area contributed by atoms with Crippen molar-refractivity contribution in [2.75, 3.05) is 11.4 Å². The zero-order chi connectivity index (χ0) is 23.4. The fourth-order valence-electron chi connectivity index (χ4n) is 3.76. The van der Waals surface area contributed by atoms with Crippen LogP contribution in [0.15, 0.2) is 66.9 Å². The molecule has 33 heavy (non-hydrogen) atoms. The van der Waals surface area contributed by atoms with Crippen molar-refractivity contribution in [2.24, 2.45) is 5.92 Å². The number of carbonyl (C=O) groups is 2. The monoisotopic (exact) mass is 451 g/mol. The first-order valence-electron chi connectivity index (χ1n) is 10.6. The number of amides is 2. The summed E-state index contributed by atoms with van der Waals surface area (Å²) in [6.45, 7) is 2.23. The lowest BCUT2D eigenvalue weighted by atomic mass is 10.0. The molecule has 2 aromatic carbocycles. The topological polar surface area (TPSA) is 71.5 Å². The summed E-state index contributed by atoms with van der Waals surface area (Å²) in [5, 5.41) is 2.92. The maximum atomic E-state index is 13.5. The van der Waals surface area contributed by atoms with E-state index < -0.39 is 17.6 Å². The van der Waals surface area contributed by atoms with Crippen LogP contribution < -0.4 is 15.0 Å². The molecule has 170 valence electrons. The van der Waals surface area contributed by atoms with Gasteiger partial charge >= 0.3 is 0 Å². The third kappa shape index (κ3) is 5.52. The smallest absolute Gasteiger partial charge is 0.227 e. The van der Waals surface area contributed by atoms with Gasteiger partial charge < -0.3 is 15.0 Å². The van der Waals surface area contributed by atoms with Crippen molar-refractivity contribution in [2.45, 2.75) is 26.0 Å². The highest BCUT2D eigenvalue weighted by molar-refractivity contribution is 6.00. The van der Waals surface area contributed by atoms with Gasteiger partial charge in [0, 0.05) is 30.9 Å². The summed E-state index contributed by atoms with van der Waals surface area (Å²) in [6.07, 6.45) is 1.68. The van der Waals surface area contributed by atoms with Crippen molar-refractivity contribution in [1.82, 2.24) is 10.3 Å². The number of halogens is 2. The van der Waals surface area contributed by atoms with E-state index in [1.807, 2.05) is 49.4 Å². The second-order valence-electron chi connectivity index (χ2n) is 7.95. The van der Waals surface area contributed by atoms with Crippen LogP contribution in [0.4, 0.5) is 14.5 Å². The van der Waals surface area contributed by atoms with E-state index in [1.165, 1.54) is 4.90 Å². The number of nitrogens with zero attached hydrogens (tertiary/aromatic N) is 2. The molecule has 2 amide bonds. The van der Waals surface area contributed by atoms with Gasteiger partial charge in [-0.25, -0.2) is 8.78 Å². The summed E-state index contributed by atoms with van der Waals surface area (Å²) >= 11 is 0. The van der Waals surface area contributed by atoms with E-state index in [4.69, 9.17) is 4.74 Å². The number of aromatic nitrogens is 1. The predicted octanol–water partition coefficient (Wildman–Crippen LogP) is 4.17. The summed E-state index contributed by atoms with van der Waals surface area (Å²) in [7, 11) is 0. The van der Waals surface area contributed by atoms with Gasteiger partial charge in [-0.15, -0.1) is 0 Å². The van der Waals surface area contributed by atoms with Crippen molar-refractivity contribution >= 4 is 17.5 Å². The second kappa shape index (κ2) is 9.77. The summed E-state index contributed by atoms with van der Waals surface area (Å²) in [4.78, 5) is 30.7. The normalized spacial score (nSPS) is 16.5. The number of anilines is 1. The van der Waals surface area contributed by atoms with Crippen LogP contribution in [0, 0.1) is 17.6 Å². The van der Waals surface area contributed by atoms with E-state index in [1.54, 1.807) is 6.20 Å². The molecular formula is C25H23F2N3O3. The number of hydrogen-bond donors (Lipinski definition) is 1. The number of hydrogen-bond acceptors (Lipinski definition) is 4. The van der Waals surface area contributed by atoms with Crippen LogP contribution in [0.5, 0.6) is 5.75 Å². The van der Waals surface area contributed by atoms with E-state index in [9.17, 15) is 18.4 Å². The van der Waals surface area contributed by atoms with E-state index in [2.05, 4.69) is 10.3 Å². The van der Waals surface area contributed by atoms with Crippen LogP contribution in [-0.4, -0.2) is 23.3 Å². The van der Waals surface area contributed by atoms with Gasteiger partial charge in [0.2, 0.25) is 11.8 Å². The maximum absolute atomic E-state index is 13.5. The Balaban J connectivity index is 1.37. The summed E-state index contributed by atoms with van der Waals surface area (Å²) in [5.41, 5.74) is 1.76. The SMILES string of the molecule is CC(NC(=O)C1CC(=O)N(c2cc(F)cc(F)c2)C1)c1cccc(OCc2ccccn2)c1. The van der Waals surface area contributed by atoms with Crippen molar-refractivity contribution in [3.05, 3.63) is 89.8 Å². The van der Waals surface area contributed by atoms with Crippen LogP contribution in [0.2, 0.25) is 0 Å². The summed E-state index contributed by atoms with van der Waals surface area (Å²) < 4.78 is 32.9. The molecule has 1 aliphatic rings. The van der Waals surface area contributed by atoms with Crippen molar-refractivity contribution in [3.63, 3.8) is 0 Å². The molecule has 2 unspecified atom stereocenters. The standard InChI is InChI=1S/C25H23F2N3O3/c1-16(17-5-4-7-23(9-17)33-15-21-6-2-3-8-28-21)29-25(32)18-10-24(31)30(14-18)22-12-19(26)11-20(27)13-22/h2-9,11-13,16,18H,10,14-15H2,1H3,(H,29,32). The molecule has 0 spiro atoms. The van der Waals surface area contributed by atoms with Gasteiger partial charge in [0.25, 0.3) is 0 Å². The molecule has 1 aromatic heterocycles.